The van der Waals surface area contributed by atoms with E-state index in [0.717, 1.165) is 27.8 Å². The van der Waals surface area contributed by atoms with Crippen LogP contribution in [0, 0.1) is 26.7 Å². The van der Waals surface area contributed by atoms with E-state index in [-0.39, 0.29) is 13.5 Å². The standard InChI is InChI=1S/C22H27N3S.H2S/c1-14-9-19(10-15(2)23-14)11-18-7-8-25(13-18)16(3)20-5-6-21-22(12-20)26-17(4)24-21;/h5-6,9-10,12,16,18H,7-8,11,13H2,1-4H3;1H2/t16-,18-;/m1./s1. The van der Waals surface area contributed by atoms with Gasteiger partial charge in [-0.25, -0.2) is 4.98 Å². The summed E-state index contributed by atoms with van der Waals surface area (Å²) in [6, 6.07) is 11.7. The molecule has 2 atom stereocenters. The molecule has 3 heterocycles. The maximum absolute atomic E-state index is 4.58. The topological polar surface area (TPSA) is 29.0 Å². The van der Waals surface area contributed by atoms with Gasteiger partial charge in [0.05, 0.1) is 15.2 Å². The van der Waals surface area contributed by atoms with E-state index in [1.165, 1.54) is 41.8 Å². The highest BCUT2D eigenvalue weighted by molar-refractivity contribution is 7.59. The van der Waals surface area contributed by atoms with Crippen LogP contribution in [0.4, 0.5) is 0 Å². The monoisotopic (exact) mass is 399 g/mol. The van der Waals surface area contributed by atoms with Gasteiger partial charge in [-0.1, -0.05) is 6.07 Å². The summed E-state index contributed by atoms with van der Waals surface area (Å²) in [5.41, 5.74) is 6.26. The first kappa shape index (κ1) is 20.3. The number of rotatable bonds is 4. The molecule has 1 fully saturated rings. The summed E-state index contributed by atoms with van der Waals surface area (Å²) in [5.74, 6) is 0.744. The molecule has 0 unspecified atom stereocenters. The molecule has 1 aliphatic heterocycles. The molecule has 5 heteroatoms. The van der Waals surface area contributed by atoms with Gasteiger partial charge in [0.1, 0.15) is 0 Å². The lowest BCUT2D eigenvalue weighted by molar-refractivity contribution is 0.252. The van der Waals surface area contributed by atoms with E-state index in [1.54, 1.807) is 11.3 Å². The van der Waals surface area contributed by atoms with E-state index < -0.39 is 0 Å². The normalized spacial score (nSPS) is 18.6. The maximum Gasteiger partial charge on any atom is 0.0907 e. The van der Waals surface area contributed by atoms with Gasteiger partial charge in [-0.15, -0.1) is 11.3 Å². The van der Waals surface area contributed by atoms with Crippen molar-refractivity contribution in [3.05, 3.63) is 57.9 Å². The third kappa shape index (κ3) is 4.53. The van der Waals surface area contributed by atoms with E-state index in [9.17, 15) is 0 Å². The quantitative estimate of drug-likeness (QED) is 0.592. The second-order valence-electron chi connectivity index (χ2n) is 7.75. The highest BCUT2D eigenvalue weighted by Crippen LogP contribution is 2.32. The number of hydrogen-bond donors (Lipinski definition) is 0. The first-order chi connectivity index (χ1) is 12.5. The third-order valence-corrected chi connectivity index (χ3v) is 6.47. The molecule has 0 N–H and O–H groups in total. The van der Waals surface area contributed by atoms with E-state index in [1.807, 2.05) is 0 Å². The highest BCUT2D eigenvalue weighted by atomic mass is 32.1. The summed E-state index contributed by atoms with van der Waals surface area (Å²) in [7, 11) is 0. The molecule has 27 heavy (non-hydrogen) atoms. The molecule has 1 aromatic carbocycles. The van der Waals surface area contributed by atoms with Gasteiger partial charge in [-0.3, -0.25) is 9.88 Å². The van der Waals surface area contributed by atoms with Crippen molar-refractivity contribution in [1.29, 1.82) is 0 Å². The Kier molecular flexibility index (Phi) is 6.24. The van der Waals surface area contributed by atoms with Crippen LogP contribution in [0.5, 0.6) is 0 Å². The van der Waals surface area contributed by atoms with Crippen molar-refractivity contribution in [1.82, 2.24) is 14.9 Å². The highest BCUT2D eigenvalue weighted by Gasteiger charge is 2.27. The minimum atomic E-state index is 0. The van der Waals surface area contributed by atoms with E-state index >= 15 is 0 Å². The molecule has 3 nitrogen and oxygen atoms in total. The number of aryl methyl sites for hydroxylation is 3. The largest absolute Gasteiger partial charge is 0.296 e. The number of aromatic nitrogens is 2. The van der Waals surface area contributed by atoms with Gasteiger partial charge in [-0.05, 0) is 88.4 Å². The van der Waals surface area contributed by atoms with Crippen molar-refractivity contribution in [2.24, 2.45) is 5.92 Å². The summed E-state index contributed by atoms with van der Waals surface area (Å²) < 4.78 is 1.31. The van der Waals surface area contributed by atoms with E-state index in [2.05, 4.69) is 72.9 Å². The zero-order valence-corrected chi connectivity index (χ0v) is 18.4. The molecule has 0 saturated carbocycles. The van der Waals surface area contributed by atoms with Crippen LogP contribution in [0.15, 0.2) is 30.3 Å². The second kappa shape index (κ2) is 8.29. The molecule has 1 aliphatic rings. The number of hydrogen-bond acceptors (Lipinski definition) is 4. The average Bonchev–Trinajstić information content (AvgIpc) is 3.17. The van der Waals surface area contributed by atoms with Gasteiger partial charge >= 0.3 is 0 Å². The van der Waals surface area contributed by atoms with Gasteiger partial charge in [0.25, 0.3) is 0 Å². The fraction of sp³-hybridized carbons (Fsp3) is 0.455. The van der Waals surface area contributed by atoms with E-state index in [0.29, 0.717) is 6.04 Å². The maximum atomic E-state index is 4.58. The smallest absolute Gasteiger partial charge is 0.0907 e. The molecule has 0 bridgehead atoms. The number of benzene rings is 1. The van der Waals surface area contributed by atoms with Crippen LogP contribution < -0.4 is 0 Å². The van der Waals surface area contributed by atoms with Crippen molar-refractivity contribution in [3.63, 3.8) is 0 Å². The van der Waals surface area contributed by atoms with Gasteiger partial charge in [0.2, 0.25) is 0 Å². The van der Waals surface area contributed by atoms with Crippen LogP contribution in [-0.2, 0) is 6.42 Å². The van der Waals surface area contributed by atoms with Crippen molar-refractivity contribution >= 4 is 35.0 Å². The predicted octanol–water partition coefficient (Wildman–Crippen LogP) is 5.35. The predicted molar refractivity (Wildman–Crippen MR) is 120 cm³/mol. The lowest BCUT2D eigenvalue weighted by Crippen LogP contribution is -2.24. The van der Waals surface area contributed by atoms with Crippen LogP contribution >= 0.6 is 24.8 Å². The number of pyridine rings is 1. The Labute approximate surface area is 173 Å². The molecule has 3 aromatic rings. The number of fused-ring (bicyclic) bond motifs is 1. The summed E-state index contributed by atoms with van der Waals surface area (Å²) >= 11 is 1.80. The van der Waals surface area contributed by atoms with Gasteiger partial charge in [-0.2, -0.15) is 13.5 Å². The van der Waals surface area contributed by atoms with Crippen LogP contribution in [0.2, 0.25) is 0 Å². The Morgan fingerprint density at radius 2 is 1.85 bits per heavy atom. The van der Waals surface area contributed by atoms with Gasteiger partial charge < -0.3 is 0 Å². The van der Waals surface area contributed by atoms with Gasteiger partial charge in [0, 0.05) is 24.0 Å². The molecule has 0 radical (unpaired) electrons. The summed E-state index contributed by atoms with van der Waals surface area (Å²) in [4.78, 5) is 11.7. The molecular formula is C22H29N3S2. The van der Waals surface area contributed by atoms with Crippen LogP contribution in [0.25, 0.3) is 10.2 Å². The lowest BCUT2D eigenvalue weighted by atomic mass is 9.98. The van der Waals surface area contributed by atoms with Gasteiger partial charge in [0.15, 0.2) is 0 Å². The van der Waals surface area contributed by atoms with Crippen molar-refractivity contribution in [2.75, 3.05) is 13.1 Å². The molecule has 4 rings (SSSR count). The molecule has 144 valence electrons. The Bertz CT molecular complexity index is 914. The minimum Gasteiger partial charge on any atom is -0.296 e. The van der Waals surface area contributed by atoms with E-state index in [4.69, 9.17) is 0 Å². The van der Waals surface area contributed by atoms with Crippen LogP contribution in [-0.4, -0.2) is 28.0 Å². The second-order valence-corrected chi connectivity index (χ2v) is 8.98. The Morgan fingerprint density at radius 1 is 1.11 bits per heavy atom. The number of likely N-dealkylation sites (tertiary alicyclic amines) is 1. The first-order valence-corrected chi connectivity index (χ1v) is 10.3. The zero-order chi connectivity index (χ0) is 18.3. The lowest BCUT2D eigenvalue weighted by Gasteiger charge is -2.25. The fourth-order valence-electron chi connectivity index (χ4n) is 4.28. The molecular weight excluding hydrogens is 370 g/mol. The van der Waals surface area contributed by atoms with Crippen molar-refractivity contribution in [2.45, 2.75) is 46.6 Å². The zero-order valence-electron chi connectivity index (χ0n) is 16.6. The van der Waals surface area contributed by atoms with Crippen LogP contribution in [0.1, 0.15) is 46.9 Å². The number of nitrogens with zero attached hydrogens (tertiary/aromatic N) is 3. The average molecular weight is 400 g/mol. The first-order valence-electron chi connectivity index (χ1n) is 9.53. The Morgan fingerprint density at radius 3 is 2.59 bits per heavy atom. The molecule has 2 aromatic heterocycles. The molecule has 0 aliphatic carbocycles. The molecule has 0 spiro atoms. The fourth-order valence-corrected chi connectivity index (χ4v) is 5.16. The number of thiazole rings is 1. The molecule has 1 saturated heterocycles. The Hall–Kier alpha value is -1.43. The molecule has 0 amide bonds. The minimum absolute atomic E-state index is 0. The van der Waals surface area contributed by atoms with Crippen molar-refractivity contribution < 1.29 is 0 Å². The Balaban J connectivity index is 0.00000210. The SMILES string of the molecule is Cc1cc(C[C@H]2CCN([C@H](C)c3ccc4nc(C)sc4c3)C2)cc(C)n1.S. The summed E-state index contributed by atoms with van der Waals surface area (Å²) in [5, 5.41) is 1.15. The summed E-state index contributed by atoms with van der Waals surface area (Å²) in [6.45, 7) is 11.0. The summed E-state index contributed by atoms with van der Waals surface area (Å²) in [6.07, 6.45) is 2.45. The van der Waals surface area contributed by atoms with Crippen molar-refractivity contribution in [3.8, 4) is 0 Å². The van der Waals surface area contributed by atoms with Crippen LogP contribution in [0.3, 0.4) is 0 Å². The third-order valence-electron chi connectivity index (χ3n) is 5.53.